The van der Waals surface area contributed by atoms with Gasteiger partial charge in [-0.25, -0.2) is 5.43 Å². The van der Waals surface area contributed by atoms with Gasteiger partial charge in [-0.3, -0.25) is 10.2 Å². The Labute approximate surface area is 159 Å². The molecule has 0 saturated carbocycles. The van der Waals surface area contributed by atoms with Crippen molar-refractivity contribution in [3.63, 3.8) is 0 Å². The van der Waals surface area contributed by atoms with Crippen LogP contribution in [0.5, 0.6) is 0 Å². The number of anilines is 1. The molecule has 0 aromatic heterocycles. The minimum atomic E-state index is -0.105. The van der Waals surface area contributed by atoms with Crippen LogP contribution in [0.4, 0.5) is 5.69 Å². The van der Waals surface area contributed by atoms with Gasteiger partial charge in [0.1, 0.15) is 6.04 Å². The maximum atomic E-state index is 12.4. The van der Waals surface area contributed by atoms with Crippen LogP contribution in [0.2, 0.25) is 0 Å². The monoisotopic (exact) mass is 408 g/mol. The van der Waals surface area contributed by atoms with Crippen molar-refractivity contribution in [2.75, 3.05) is 24.5 Å². The predicted octanol–water partition coefficient (Wildman–Crippen LogP) is 2.67. The Balaban J connectivity index is 1.41. The Morgan fingerprint density at radius 3 is 3.00 bits per heavy atom. The van der Waals surface area contributed by atoms with Crippen LogP contribution in [0.1, 0.15) is 33.1 Å². The predicted molar refractivity (Wildman–Crippen MR) is 105 cm³/mol. The summed E-state index contributed by atoms with van der Waals surface area (Å²) in [6, 6.07) is 8.71. The summed E-state index contributed by atoms with van der Waals surface area (Å²) in [6.07, 6.45) is 3.10. The topological polar surface area (TPSA) is 56.4 Å². The highest BCUT2D eigenvalue weighted by Crippen LogP contribution is 2.26. The second kappa shape index (κ2) is 8.52. The summed E-state index contributed by atoms with van der Waals surface area (Å²) in [5, 5.41) is 3.15. The van der Waals surface area contributed by atoms with E-state index in [-0.39, 0.29) is 11.9 Å². The molecule has 2 heterocycles. The molecule has 1 amide bonds. The summed E-state index contributed by atoms with van der Waals surface area (Å²) in [7, 11) is 0. The average Bonchev–Trinajstić information content (AvgIpc) is 3.21. The quantitative estimate of drug-likeness (QED) is 0.676. The lowest BCUT2D eigenvalue weighted by atomic mass is 10.00. The number of benzene rings is 1. The second-order valence-electron chi connectivity index (χ2n) is 7.73. The van der Waals surface area contributed by atoms with E-state index >= 15 is 0 Å². The summed E-state index contributed by atoms with van der Waals surface area (Å²) in [4.78, 5) is 14.8. The molecule has 25 heavy (non-hydrogen) atoms. The first-order chi connectivity index (χ1) is 12.0. The molecule has 0 aliphatic carbocycles. The van der Waals surface area contributed by atoms with Crippen molar-refractivity contribution in [2.24, 2.45) is 11.8 Å². The molecule has 0 radical (unpaired) electrons. The van der Waals surface area contributed by atoms with E-state index < -0.39 is 0 Å². The minimum Gasteiger partial charge on any atom is -0.371 e. The van der Waals surface area contributed by atoms with Crippen LogP contribution in [0.3, 0.4) is 0 Å². The van der Waals surface area contributed by atoms with Gasteiger partial charge in [0.25, 0.3) is 0 Å². The van der Waals surface area contributed by atoms with Crippen LogP contribution in [0.25, 0.3) is 0 Å². The van der Waals surface area contributed by atoms with E-state index in [2.05, 4.69) is 69.0 Å². The summed E-state index contributed by atoms with van der Waals surface area (Å²) in [5.41, 5.74) is 7.66. The maximum absolute atomic E-state index is 12.4. The van der Waals surface area contributed by atoms with Crippen molar-refractivity contribution in [1.82, 2.24) is 16.2 Å². The lowest BCUT2D eigenvalue weighted by Crippen LogP contribution is -2.45. The minimum absolute atomic E-state index is 0.105. The first-order valence-electron chi connectivity index (χ1n) is 9.30. The fraction of sp³-hybridized carbons (Fsp3) is 0.632. The molecule has 1 aromatic rings. The molecule has 2 fully saturated rings. The molecule has 3 N–H and O–H groups in total. The Hall–Kier alpha value is -1.11. The van der Waals surface area contributed by atoms with Crippen molar-refractivity contribution in [1.29, 1.82) is 0 Å². The summed E-state index contributed by atoms with van der Waals surface area (Å²) >= 11 is 3.53. The number of carbonyl (C=O) groups is 1. The van der Waals surface area contributed by atoms with Crippen LogP contribution in [0.15, 0.2) is 28.7 Å². The third-order valence-electron chi connectivity index (χ3n) is 5.08. The number of carbonyl (C=O) groups excluding carboxylic acids is 1. The highest BCUT2D eigenvalue weighted by molar-refractivity contribution is 9.10. The first-order valence-corrected chi connectivity index (χ1v) is 10.1. The van der Waals surface area contributed by atoms with E-state index in [1.807, 2.05) is 6.07 Å². The van der Waals surface area contributed by atoms with Crippen LogP contribution >= 0.6 is 15.9 Å². The fourth-order valence-corrected chi connectivity index (χ4v) is 4.18. The molecule has 6 heteroatoms. The standard InChI is InChI=1S/C19H29BrN4O/c1-13(2)8-16-10-18(23-22-16)19(25)21-11-14-6-7-24(12-14)17-5-3-4-15(20)9-17/h3-5,9,13-14,16,18,22-23H,6-8,10-12H2,1-2H3,(H,21,25). The number of hydrazine groups is 1. The van der Waals surface area contributed by atoms with Crippen molar-refractivity contribution in [3.05, 3.63) is 28.7 Å². The van der Waals surface area contributed by atoms with Crippen LogP contribution in [-0.2, 0) is 4.79 Å². The Morgan fingerprint density at radius 2 is 2.24 bits per heavy atom. The largest absolute Gasteiger partial charge is 0.371 e. The van der Waals surface area contributed by atoms with Crippen molar-refractivity contribution in [2.45, 2.75) is 45.2 Å². The zero-order valence-electron chi connectivity index (χ0n) is 15.1. The molecule has 0 spiro atoms. The highest BCUT2D eigenvalue weighted by atomic mass is 79.9. The maximum Gasteiger partial charge on any atom is 0.238 e. The van der Waals surface area contributed by atoms with E-state index in [1.165, 1.54) is 5.69 Å². The third-order valence-corrected chi connectivity index (χ3v) is 5.57. The SMILES string of the molecule is CC(C)CC1CC(C(=O)NCC2CCN(c3cccc(Br)c3)C2)NN1. The molecule has 2 aliphatic heterocycles. The lowest BCUT2D eigenvalue weighted by molar-refractivity contribution is -0.123. The van der Waals surface area contributed by atoms with Crippen LogP contribution in [0, 0.1) is 11.8 Å². The van der Waals surface area contributed by atoms with E-state index in [1.54, 1.807) is 0 Å². The first kappa shape index (κ1) is 18.7. The second-order valence-corrected chi connectivity index (χ2v) is 8.64. The number of hydrogen-bond donors (Lipinski definition) is 3. The normalized spacial score (nSPS) is 26.4. The third kappa shape index (κ3) is 5.19. The molecular formula is C19H29BrN4O. The van der Waals surface area contributed by atoms with E-state index in [9.17, 15) is 4.79 Å². The highest BCUT2D eigenvalue weighted by Gasteiger charge is 2.30. The molecule has 0 bridgehead atoms. The zero-order valence-corrected chi connectivity index (χ0v) is 16.7. The van der Waals surface area contributed by atoms with Crippen molar-refractivity contribution >= 4 is 27.5 Å². The van der Waals surface area contributed by atoms with Gasteiger partial charge in [-0.1, -0.05) is 35.8 Å². The van der Waals surface area contributed by atoms with Gasteiger partial charge >= 0.3 is 0 Å². The van der Waals surface area contributed by atoms with Gasteiger partial charge in [0, 0.05) is 35.8 Å². The molecule has 138 valence electrons. The zero-order chi connectivity index (χ0) is 17.8. The summed E-state index contributed by atoms with van der Waals surface area (Å²) in [5.74, 6) is 1.28. The molecule has 3 rings (SSSR count). The number of amides is 1. The molecule has 3 atom stereocenters. The molecule has 3 unspecified atom stereocenters. The fourth-order valence-electron chi connectivity index (χ4n) is 3.79. The Bertz CT molecular complexity index is 595. The van der Waals surface area contributed by atoms with Gasteiger partial charge in [0.15, 0.2) is 0 Å². The average molecular weight is 409 g/mol. The number of hydrogen-bond acceptors (Lipinski definition) is 4. The Kier molecular flexibility index (Phi) is 6.36. The van der Waals surface area contributed by atoms with Crippen LogP contribution < -0.4 is 21.1 Å². The van der Waals surface area contributed by atoms with Gasteiger partial charge < -0.3 is 10.2 Å². The molecule has 1 aromatic carbocycles. The molecular weight excluding hydrogens is 380 g/mol. The molecule has 2 saturated heterocycles. The van der Waals surface area contributed by atoms with E-state index in [0.29, 0.717) is 17.9 Å². The lowest BCUT2D eigenvalue weighted by Gasteiger charge is -2.19. The Morgan fingerprint density at radius 1 is 1.40 bits per heavy atom. The van der Waals surface area contributed by atoms with E-state index in [4.69, 9.17) is 0 Å². The number of halogens is 1. The van der Waals surface area contributed by atoms with Crippen LogP contribution in [-0.4, -0.2) is 37.6 Å². The molecule has 2 aliphatic rings. The number of rotatable bonds is 6. The van der Waals surface area contributed by atoms with Crippen molar-refractivity contribution in [3.8, 4) is 0 Å². The van der Waals surface area contributed by atoms with Gasteiger partial charge in [0.2, 0.25) is 5.91 Å². The smallest absolute Gasteiger partial charge is 0.238 e. The number of nitrogens with one attached hydrogen (secondary N) is 3. The van der Waals surface area contributed by atoms with Gasteiger partial charge in [-0.2, -0.15) is 0 Å². The molecule has 5 nitrogen and oxygen atoms in total. The van der Waals surface area contributed by atoms with Gasteiger partial charge in [-0.05, 0) is 49.3 Å². The number of nitrogens with zero attached hydrogens (tertiary/aromatic N) is 1. The van der Waals surface area contributed by atoms with Gasteiger partial charge in [0.05, 0.1) is 0 Å². The van der Waals surface area contributed by atoms with Gasteiger partial charge in [-0.15, -0.1) is 0 Å². The summed E-state index contributed by atoms with van der Waals surface area (Å²) < 4.78 is 1.11. The summed E-state index contributed by atoms with van der Waals surface area (Å²) in [6.45, 7) is 7.24. The van der Waals surface area contributed by atoms with E-state index in [0.717, 1.165) is 43.4 Å². The van der Waals surface area contributed by atoms with Crippen molar-refractivity contribution < 1.29 is 4.79 Å².